The Balaban J connectivity index is 1.57. The van der Waals surface area contributed by atoms with Gasteiger partial charge in [-0.25, -0.2) is 4.39 Å². The molecule has 1 aliphatic rings. The Morgan fingerprint density at radius 1 is 1.07 bits per heavy atom. The quantitative estimate of drug-likeness (QED) is 0.695. The van der Waals surface area contributed by atoms with Crippen molar-refractivity contribution in [1.29, 1.82) is 5.26 Å². The van der Waals surface area contributed by atoms with Gasteiger partial charge in [0.15, 0.2) is 0 Å². The molecule has 4 rings (SSSR count). The summed E-state index contributed by atoms with van der Waals surface area (Å²) in [5, 5.41) is 15.3. The fraction of sp³-hybridized carbons (Fsp3) is 0.320. The van der Waals surface area contributed by atoms with E-state index in [0.717, 1.165) is 43.4 Å². The van der Waals surface area contributed by atoms with Gasteiger partial charge in [-0.05, 0) is 79.1 Å². The minimum Gasteiger partial charge on any atom is -0.312 e. The monoisotopic (exact) mass is 387 g/mol. The summed E-state index contributed by atoms with van der Waals surface area (Å²) in [6, 6.07) is 21.4. The Labute approximate surface area is 171 Å². The number of hydrogen-bond acceptors (Lipinski definition) is 3. The Morgan fingerprint density at radius 3 is 2.52 bits per heavy atom. The maximum Gasteiger partial charge on any atom is 0.123 e. The molecule has 29 heavy (non-hydrogen) atoms. The molecule has 0 aromatic heterocycles. The van der Waals surface area contributed by atoms with Gasteiger partial charge >= 0.3 is 0 Å². The maximum atomic E-state index is 13.5. The lowest BCUT2D eigenvalue weighted by atomic mass is 9.72. The third-order valence-corrected chi connectivity index (χ3v) is 6.26. The Morgan fingerprint density at radius 2 is 1.79 bits per heavy atom. The summed E-state index contributed by atoms with van der Waals surface area (Å²) >= 11 is 0. The molecule has 1 saturated heterocycles. The van der Waals surface area contributed by atoms with Crippen LogP contribution in [0.1, 0.15) is 29.5 Å². The Bertz CT molecular complexity index is 1030. The molecule has 1 heterocycles. The molecule has 0 radical (unpaired) electrons. The van der Waals surface area contributed by atoms with Crippen molar-refractivity contribution in [2.45, 2.75) is 24.8 Å². The summed E-state index contributed by atoms with van der Waals surface area (Å²) in [5.74, 6) is -0.190. The molecule has 4 heteroatoms. The van der Waals surface area contributed by atoms with Crippen molar-refractivity contribution in [3.63, 3.8) is 0 Å². The van der Waals surface area contributed by atoms with Crippen LogP contribution in [0.25, 0.3) is 10.8 Å². The van der Waals surface area contributed by atoms with Crippen molar-refractivity contribution < 1.29 is 4.39 Å². The third-order valence-electron chi connectivity index (χ3n) is 6.26. The Hall–Kier alpha value is -2.74. The van der Waals surface area contributed by atoms with Gasteiger partial charge in [-0.3, -0.25) is 0 Å². The van der Waals surface area contributed by atoms with Gasteiger partial charge < -0.3 is 10.2 Å². The third kappa shape index (κ3) is 4.17. The summed E-state index contributed by atoms with van der Waals surface area (Å²) in [5.41, 5.74) is 3.04. The number of nitrogens with one attached hydrogen (secondary N) is 1. The second kappa shape index (κ2) is 8.32. The first kappa shape index (κ1) is 19.6. The highest BCUT2D eigenvalue weighted by atomic mass is 19.1. The topological polar surface area (TPSA) is 39.1 Å². The standard InChI is InChI=1S/C25H26FN3/c1-29-12-10-25(11-13-29,22-6-8-23(26)9-7-22)18-28-17-21-15-19(16-27)14-20-4-2-3-5-24(20)21/h2-9,14-15,28H,10-13,17-18H2,1H3. The number of benzene rings is 3. The highest BCUT2D eigenvalue weighted by Gasteiger charge is 2.35. The number of piperidine rings is 1. The van der Waals surface area contributed by atoms with Crippen LogP contribution >= 0.6 is 0 Å². The molecule has 0 atom stereocenters. The lowest BCUT2D eigenvalue weighted by Gasteiger charge is -2.41. The molecule has 3 aromatic carbocycles. The summed E-state index contributed by atoms with van der Waals surface area (Å²) in [4.78, 5) is 2.35. The smallest absolute Gasteiger partial charge is 0.123 e. The van der Waals surface area contributed by atoms with E-state index in [1.54, 1.807) is 12.1 Å². The van der Waals surface area contributed by atoms with Crippen molar-refractivity contribution in [3.05, 3.63) is 83.2 Å². The fourth-order valence-electron chi connectivity index (χ4n) is 4.45. The predicted molar refractivity (Wildman–Crippen MR) is 115 cm³/mol. The van der Waals surface area contributed by atoms with Crippen LogP contribution in [0.4, 0.5) is 4.39 Å². The average Bonchev–Trinajstić information content (AvgIpc) is 2.75. The van der Waals surface area contributed by atoms with Gasteiger partial charge in [-0.15, -0.1) is 0 Å². The summed E-state index contributed by atoms with van der Waals surface area (Å²) < 4.78 is 13.5. The first-order valence-electron chi connectivity index (χ1n) is 10.2. The van der Waals surface area contributed by atoms with Crippen molar-refractivity contribution in [1.82, 2.24) is 10.2 Å². The van der Waals surface area contributed by atoms with Gasteiger partial charge in [0, 0.05) is 18.5 Å². The molecule has 3 aromatic rings. The summed E-state index contributed by atoms with van der Waals surface area (Å²) in [7, 11) is 2.15. The average molecular weight is 388 g/mol. The van der Waals surface area contributed by atoms with Crippen LogP contribution in [0, 0.1) is 17.1 Å². The van der Waals surface area contributed by atoms with E-state index in [4.69, 9.17) is 0 Å². The van der Waals surface area contributed by atoms with E-state index in [2.05, 4.69) is 35.5 Å². The molecule has 1 N–H and O–H groups in total. The zero-order valence-electron chi connectivity index (χ0n) is 16.8. The van der Waals surface area contributed by atoms with Gasteiger partial charge in [0.1, 0.15) is 5.82 Å². The van der Waals surface area contributed by atoms with Crippen molar-refractivity contribution in [2.75, 3.05) is 26.7 Å². The van der Waals surface area contributed by atoms with E-state index in [0.29, 0.717) is 12.1 Å². The fourth-order valence-corrected chi connectivity index (χ4v) is 4.45. The molecule has 1 aliphatic heterocycles. The highest BCUT2D eigenvalue weighted by molar-refractivity contribution is 5.87. The molecule has 0 saturated carbocycles. The molecule has 0 aliphatic carbocycles. The zero-order chi connectivity index (χ0) is 20.3. The van der Waals surface area contributed by atoms with Crippen LogP contribution in [0.5, 0.6) is 0 Å². The molecule has 3 nitrogen and oxygen atoms in total. The maximum absolute atomic E-state index is 13.5. The van der Waals surface area contributed by atoms with Crippen LogP contribution in [0.2, 0.25) is 0 Å². The van der Waals surface area contributed by atoms with E-state index >= 15 is 0 Å². The number of fused-ring (bicyclic) bond motifs is 1. The molecule has 0 amide bonds. The lowest BCUT2D eigenvalue weighted by Crippen LogP contribution is -2.46. The number of halogens is 1. The second-order valence-electron chi connectivity index (χ2n) is 8.16. The number of hydrogen-bond donors (Lipinski definition) is 1. The number of nitriles is 1. The molecule has 0 unspecified atom stereocenters. The SMILES string of the molecule is CN1CCC(CNCc2cc(C#N)cc3ccccc23)(c2ccc(F)cc2)CC1. The number of nitrogens with zero attached hydrogens (tertiary/aromatic N) is 2. The molecule has 148 valence electrons. The second-order valence-corrected chi connectivity index (χ2v) is 8.16. The van der Waals surface area contributed by atoms with E-state index in [1.807, 2.05) is 36.4 Å². The Kier molecular flexibility index (Phi) is 5.62. The van der Waals surface area contributed by atoms with Gasteiger partial charge in [0.2, 0.25) is 0 Å². The van der Waals surface area contributed by atoms with Crippen LogP contribution in [0.15, 0.2) is 60.7 Å². The molecular formula is C25H26FN3. The minimum absolute atomic E-state index is 0.00283. The normalized spacial score (nSPS) is 16.6. The van der Waals surface area contributed by atoms with Crippen LogP contribution in [-0.2, 0) is 12.0 Å². The van der Waals surface area contributed by atoms with Crippen molar-refractivity contribution >= 4 is 10.8 Å². The molecule has 0 bridgehead atoms. The van der Waals surface area contributed by atoms with Gasteiger partial charge in [-0.2, -0.15) is 5.26 Å². The van der Waals surface area contributed by atoms with Gasteiger partial charge in [-0.1, -0.05) is 36.4 Å². The molecular weight excluding hydrogens is 361 g/mol. The number of rotatable bonds is 5. The molecule has 0 spiro atoms. The first-order chi connectivity index (χ1) is 14.1. The first-order valence-corrected chi connectivity index (χ1v) is 10.2. The van der Waals surface area contributed by atoms with Crippen LogP contribution in [-0.4, -0.2) is 31.6 Å². The minimum atomic E-state index is -0.190. The summed E-state index contributed by atoms with van der Waals surface area (Å²) in [6.07, 6.45) is 2.09. The highest BCUT2D eigenvalue weighted by Crippen LogP contribution is 2.35. The summed E-state index contributed by atoms with van der Waals surface area (Å²) in [6.45, 7) is 3.60. The lowest BCUT2D eigenvalue weighted by molar-refractivity contribution is 0.183. The van der Waals surface area contributed by atoms with Gasteiger partial charge in [0.25, 0.3) is 0 Å². The largest absolute Gasteiger partial charge is 0.312 e. The van der Waals surface area contributed by atoms with Gasteiger partial charge in [0.05, 0.1) is 11.6 Å². The molecule has 1 fully saturated rings. The van der Waals surface area contributed by atoms with Crippen molar-refractivity contribution in [3.8, 4) is 6.07 Å². The zero-order valence-corrected chi connectivity index (χ0v) is 16.8. The van der Waals surface area contributed by atoms with E-state index in [1.165, 1.54) is 10.9 Å². The van der Waals surface area contributed by atoms with E-state index < -0.39 is 0 Å². The van der Waals surface area contributed by atoms with Crippen LogP contribution in [0.3, 0.4) is 0 Å². The van der Waals surface area contributed by atoms with E-state index in [9.17, 15) is 9.65 Å². The van der Waals surface area contributed by atoms with E-state index in [-0.39, 0.29) is 11.2 Å². The predicted octanol–water partition coefficient (Wildman–Crippen LogP) is 4.60. The number of likely N-dealkylation sites (tertiary alicyclic amines) is 1. The van der Waals surface area contributed by atoms with Crippen LogP contribution < -0.4 is 5.32 Å². The van der Waals surface area contributed by atoms with Crippen molar-refractivity contribution in [2.24, 2.45) is 0 Å².